The van der Waals surface area contributed by atoms with E-state index in [0.717, 1.165) is 31.1 Å². The van der Waals surface area contributed by atoms with Crippen molar-refractivity contribution in [1.29, 1.82) is 0 Å². The molecule has 0 aromatic carbocycles. The number of hydrogen-bond acceptors (Lipinski definition) is 4. The molecule has 1 aromatic heterocycles. The molecule has 0 radical (unpaired) electrons. The van der Waals surface area contributed by atoms with E-state index < -0.39 is 6.10 Å². The summed E-state index contributed by atoms with van der Waals surface area (Å²) in [6.45, 7) is 4.72. The number of rotatable bonds is 5. The lowest BCUT2D eigenvalue weighted by molar-refractivity contribution is 0.0576. The van der Waals surface area contributed by atoms with Gasteiger partial charge < -0.3 is 14.7 Å². The number of anilines is 1. The third-order valence-electron chi connectivity index (χ3n) is 3.73. The molecule has 19 heavy (non-hydrogen) atoms. The molecule has 0 bridgehead atoms. The number of hydrogen-bond donors (Lipinski definition) is 1. The third kappa shape index (κ3) is 3.91. The first-order valence-electron chi connectivity index (χ1n) is 7.13. The Morgan fingerprint density at radius 2 is 2.37 bits per heavy atom. The Balaban J connectivity index is 1.93. The van der Waals surface area contributed by atoms with Crippen LogP contribution in [0.3, 0.4) is 0 Å². The van der Waals surface area contributed by atoms with Gasteiger partial charge in [0.25, 0.3) is 0 Å². The highest BCUT2D eigenvalue weighted by atomic mass is 16.5. The van der Waals surface area contributed by atoms with Gasteiger partial charge in [0.1, 0.15) is 0 Å². The van der Waals surface area contributed by atoms with Crippen molar-refractivity contribution in [2.75, 3.05) is 31.7 Å². The molecule has 4 nitrogen and oxygen atoms in total. The zero-order valence-electron chi connectivity index (χ0n) is 11.9. The van der Waals surface area contributed by atoms with Crippen LogP contribution < -0.4 is 4.90 Å². The van der Waals surface area contributed by atoms with Gasteiger partial charge in [-0.3, -0.25) is 4.98 Å². The molecular weight excluding hydrogens is 240 g/mol. The summed E-state index contributed by atoms with van der Waals surface area (Å²) in [6.07, 6.45) is 4.49. The lowest BCUT2D eigenvalue weighted by Crippen LogP contribution is -2.30. The molecular formula is C15H24N2O2. The van der Waals surface area contributed by atoms with Gasteiger partial charge >= 0.3 is 0 Å². The number of ether oxygens (including phenoxy) is 1. The fourth-order valence-electron chi connectivity index (χ4n) is 2.47. The number of nitrogens with zero attached hydrogens (tertiary/aromatic N) is 2. The zero-order valence-corrected chi connectivity index (χ0v) is 11.9. The number of aromatic nitrogens is 1. The molecule has 2 heterocycles. The van der Waals surface area contributed by atoms with Crippen molar-refractivity contribution in [2.45, 2.75) is 32.3 Å². The summed E-state index contributed by atoms with van der Waals surface area (Å²) < 4.78 is 5.51. The predicted molar refractivity (Wildman–Crippen MR) is 76.3 cm³/mol. The summed E-state index contributed by atoms with van der Waals surface area (Å²) in [5.41, 5.74) is 1.85. The first-order chi connectivity index (χ1) is 9.20. The second-order valence-corrected chi connectivity index (χ2v) is 5.33. The Kier molecular flexibility index (Phi) is 5.16. The molecule has 1 N–H and O–H groups in total. The van der Waals surface area contributed by atoms with Crippen LogP contribution in [0.1, 0.15) is 38.0 Å². The van der Waals surface area contributed by atoms with Crippen LogP contribution in [-0.4, -0.2) is 36.9 Å². The van der Waals surface area contributed by atoms with E-state index >= 15 is 0 Å². The van der Waals surface area contributed by atoms with E-state index in [9.17, 15) is 5.11 Å². The lowest BCUT2D eigenvalue weighted by Gasteiger charge is -2.28. The van der Waals surface area contributed by atoms with E-state index in [1.807, 2.05) is 25.3 Å². The van der Waals surface area contributed by atoms with Crippen molar-refractivity contribution in [3.05, 3.63) is 24.0 Å². The fourth-order valence-corrected chi connectivity index (χ4v) is 2.47. The zero-order chi connectivity index (χ0) is 13.7. The van der Waals surface area contributed by atoms with Gasteiger partial charge in [-0.05, 0) is 37.3 Å². The van der Waals surface area contributed by atoms with E-state index in [0.29, 0.717) is 12.3 Å². The summed E-state index contributed by atoms with van der Waals surface area (Å²) in [4.78, 5) is 6.56. The van der Waals surface area contributed by atoms with Gasteiger partial charge in [0.05, 0.1) is 30.3 Å². The molecule has 1 saturated heterocycles. The molecule has 0 amide bonds. The minimum Gasteiger partial charge on any atom is -0.387 e. The van der Waals surface area contributed by atoms with Crippen LogP contribution in [0.4, 0.5) is 5.69 Å². The monoisotopic (exact) mass is 264 g/mol. The van der Waals surface area contributed by atoms with Crippen molar-refractivity contribution in [2.24, 2.45) is 5.92 Å². The Morgan fingerprint density at radius 1 is 1.53 bits per heavy atom. The SMILES string of the molecule is CC[C@@H](O)c1ccc(N(C)CC2CCCOC2)cn1. The van der Waals surface area contributed by atoms with E-state index in [2.05, 4.69) is 16.9 Å². The number of pyridine rings is 1. The topological polar surface area (TPSA) is 45.6 Å². The second-order valence-electron chi connectivity index (χ2n) is 5.33. The smallest absolute Gasteiger partial charge is 0.0957 e. The molecule has 1 aliphatic rings. The molecule has 1 aromatic rings. The van der Waals surface area contributed by atoms with Crippen LogP contribution >= 0.6 is 0 Å². The van der Waals surface area contributed by atoms with Gasteiger partial charge in [0.15, 0.2) is 0 Å². The van der Waals surface area contributed by atoms with Crippen molar-refractivity contribution in [3.63, 3.8) is 0 Å². The molecule has 106 valence electrons. The van der Waals surface area contributed by atoms with Crippen LogP contribution in [0, 0.1) is 5.92 Å². The Bertz CT molecular complexity index is 374. The largest absolute Gasteiger partial charge is 0.387 e. The third-order valence-corrected chi connectivity index (χ3v) is 3.73. The van der Waals surface area contributed by atoms with Crippen LogP contribution in [0.15, 0.2) is 18.3 Å². The van der Waals surface area contributed by atoms with Crippen molar-refractivity contribution < 1.29 is 9.84 Å². The highest BCUT2D eigenvalue weighted by molar-refractivity contribution is 5.43. The van der Waals surface area contributed by atoms with Gasteiger partial charge in [-0.2, -0.15) is 0 Å². The summed E-state index contributed by atoms with van der Waals surface area (Å²) in [5, 5.41) is 9.73. The highest BCUT2D eigenvalue weighted by Crippen LogP contribution is 2.20. The maximum atomic E-state index is 9.73. The predicted octanol–water partition coefficient (Wildman–Crippen LogP) is 2.39. The van der Waals surface area contributed by atoms with E-state index in [-0.39, 0.29) is 0 Å². The molecule has 1 aliphatic heterocycles. The average Bonchev–Trinajstić information content (AvgIpc) is 2.47. The highest BCUT2D eigenvalue weighted by Gasteiger charge is 2.16. The van der Waals surface area contributed by atoms with Gasteiger partial charge in [-0.25, -0.2) is 0 Å². The van der Waals surface area contributed by atoms with Crippen molar-refractivity contribution >= 4 is 5.69 Å². The summed E-state index contributed by atoms with van der Waals surface area (Å²) in [5.74, 6) is 0.611. The van der Waals surface area contributed by atoms with E-state index in [1.54, 1.807) is 0 Å². The fraction of sp³-hybridized carbons (Fsp3) is 0.667. The molecule has 2 rings (SSSR count). The molecule has 1 fully saturated rings. The molecule has 0 spiro atoms. The maximum Gasteiger partial charge on any atom is 0.0957 e. The second kappa shape index (κ2) is 6.87. The van der Waals surface area contributed by atoms with E-state index in [1.165, 1.54) is 12.8 Å². The molecule has 0 aliphatic carbocycles. The standard InChI is InChI=1S/C15H24N2O2/c1-3-15(18)14-7-6-13(9-16-14)17(2)10-12-5-4-8-19-11-12/h6-7,9,12,15,18H,3-5,8,10-11H2,1-2H3/t12?,15-/m1/s1. The van der Waals surface area contributed by atoms with Crippen molar-refractivity contribution in [1.82, 2.24) is 4.98 Å². The Morgan fingerprint density at radius 3 is 2.95 bits per heavy atom. The van der Waals surface area contributed by atoms with Gasteiger partial charge in [-0.1, -0.05) is 6.92 Å². The van der Waals surface area contributed by atoms with Crippen LogP contribution in [0.25, 0.3) is 0 Å². The average molecular weight is 264 g/mol. The maximum absolute atomic E-state index is 9.73. The minimum atomic E-state index is -0.453. The number of aliphatic hydroxyl groups is 1. The van der Waals surface area contributed by atoms with Gasteiger partial charge in [0, 0.05) is 20.2 Å². The summed E-state index contributed by atoms with van der Waals surface area (Å²) in [7, 11) is 2.08. The van der Waals surface area contributed by atoms with Crippen LogP contribution in [0.5, 0.6) is 0 Å². The Labute approximate surface area is 115 Å². The van der Waals surface area contributed by atoms with Crippen LogP contribution in [0.2, 0.25) is 0 Å². The quantitative estimate of drug-likeness (QED) is 0.887. The summed E-state index contributed by atoms with van der Waals surface area (Å²) in [6, 6.07) is 3.95. The first-order valence-corrected chi connectivity index (χ1v) is 7.13. The Hall–Kier alpha value is -1.13. The van der Waals surface area contributed by atoms with Gasteiger partial charge in [-0.15, -0.1) is 0 Å². The summed E-state index contributed by atoms with van der Waals surface area (Å²) >= 11 is 0. The van der Waals surface area contributed by atoms with Gasteiger partial charge in [0.2, 0.25) is 0 Å². The molecule has 0 saturated carbocycles. The van der Waals surface area contributed by atoms with Crippen molar-refractivity contribution in [3.8, 4) is 0 Å². The normalized spacial score (nSPS) is 21.1. The molecule has 4 heteroatoms. The first kappa shape index (κ1) is 14.3. The number of aliphatic hydroxyl groups excluding tert-OH is 1. The minimum absolute atomic E-state index is 0.453. The molecule has 1 unspecified atom stereocenters. The molecule has 2 atom stereocenters. The van der Waals surface area contributed by atoms with Crippen LogP contribution in [-0.2, 0) is 4.74 Å². The lowest BCUT2D eigenvalue weighted by atomic mass is 10.0. The van der Waals surface area contributed by atoms with E-state index in [4.69, 9.17) is 4.74 Å².